The van der Waals surface area contributed by atoms with E-state index in [0.29, 0.717) is 22.7 Å². The molecule has 0 aliphatic heterocycles. The maximum absolute atomic E-state index is 13.6. The standard InChI is InChI=1S/C16H13F2N5O2S/c1-25-12-5-3-11(4-6-12)23-16(20-21-22-23)26-9-15(24)19-14-7-2-10(17)8-13(14)18/h2-8H,9H2,1H3,(H,19,24). The van der Waals surface area contributed by atoms with E-state index in [1.54, 1.807) is 31.4 Å². The number of ether oxygens (including phenoxy) is 1. The molecule has 0 saturated carbocycles. The Labute approximate surface area is 151 Å². The quantitative estimate of drug-likeness (QED) is 0.665. The van der Waals surface area contributed by atoms with Gasteiger partial charge in [0.15, 0.2) is 0 Å². The van der Waals surface area contributed by atoms with Gasteiger partial charge in [-0.2, -0.15) is 4.68 Å². The van der Waals surface area contributed by atoms with Crippen LogP contribution in [0.3, 0.4) is 0 Å². The van der Waals surface area contributed by atoms with Gasteiger partial charge >= 0.3 is 0 Å². The molecule has 0 radical (unpaired) electrons. The number of aromatic nitrogens is 4. The van der Waals surface area contributed by atoms with E-state index in [-0.39, 0.29) is 11.4 Å². The summed E-state index contributed by atoms with van der Waals surface area (Å²) >= 11 is 1.08. The molecule has 1 N–H and O–H groups in total. The normalized spacial score (nSPS) is 10.6. The second-order valence-electron chi connectivity index (χ2n) is 5.03. The van der Waals surface area contributed by atoms with E-state index in [9.17, 15) is 13.6 Å². The number of carbonyl (C=O) groups is 1. The van der Waals surface area contributed by atoms with Crippen LogP contribution >= 0.6 is 11.8 Å². The zero-order chi connectivity index (χ0) is 18.5. The Kier molecular flexibility index (Phi) is 5.42. The summed E-state index contributed by atoms with van der Waals surface area (Å²) in [6, 6.07) is 9.99. The number of hydrogen-bond donors (Lipinski definition) is 1. The van der Waals surface area contributed by atoms with Crippen molar-refractivity contribution in [1.82, 2.24) is 20.2 Å². The van der Waals surface area contributed by atoms with Gasteiger partial charge in [0, 0.05) is 6.07 Å². The summed E-state index contributed by atoms with van der Waals surface area (Å²) in [4.78, 5) is 12.0. The zero-order valence-corrected chi connectivity index (χ0v) is 14.3. The van der Waals surface area contributed by atoms with Crippen LogP contribution in [0.15, 0.2) is 47.6 Å². The molecule has 1 aromatic heterocycles. The summed E-state index contributed by atoms with van der Waals surface area (Å²) in [5, 5.41) is 14.1. The fourth-order valence-electron chi connectivity index (χ4n) is 2.06. The SMILES string of the molecule is COc1ccc(-n2nnnc2SCC(=O)Nc2ccc(F)cc2F)cc1. The molecule has 0 atom stereocenters. The molecule has 134 valence electrons. The van der Waals surface area contributed by atoms with Crippen LogP contribution in [0.5, 0.6) is 5.75 Å². The first-order chi connectivity index (χ1) is 12.6. The third kappa shape index (κ3) is 4.14. The smallest absolute Gasteiger partial charge is 0.234 e. The molecule has 1 heterocycles. The minimum Gasteiger partial charge on any atom is -0.497 e. The predicted molar refractivity (Wildman–Crippen MR) is 91.4 cm³/mol. The van der Waals surface area contributed by atoms with Gasteiger partial charge in [0.25, 0.3) is 0 Å². The highest BCUT2D eigenvalue weighted by molar-refractivity contribution is 7.99. The number of amides is 1. The number of methoxy groups -OCH3 is 1. The predicted octanol–water partition coefficient (Wildman–Crippen LogP) is 2.68. The number of anilines is 1. The number of benzene rings is 2. The molecule has 10 heteroatoms. The lowest BCUT2D eigenvalue weighted by atomic mass is 10.3. The molecular weight excluding hydrogens is 364 g/mol. The highest BCUT2D eigenvalue weighted by Crippen LogP contribution is 2.21. The second kappa shape index (κ2) is 7.91. The van der Waals surface area contributed by atoms with E-state index in [0.717, 1.165) is 23.9 Å². The van der Waals surface area contributed by atoms with Gasteiger partial charge in [0.05, 0.1) is 24.2 Å². The lowest BCUT2D eigenvalue weighted by molar-refractivity contribution is -0.113. The van der Waals surface area contributed by atoms with Crippen molar-refractivity contribution < 1.29 is 18.3 Å². The van der Waals surface area contributed by atoms with Crippen LogP contribution in [0.1, 0.15) is 0 Å². The summed E-state index contributed by atoms with van der Waals surface area (Å²) in [5.41, 5.74) is 0.607. The molecule has 0 spiro atoms. The first-order valence-electron chi connectivity index (χ1n) is 7.37. The molecule has 0 aliphatic rings. The molecule has 3 rings (SSSR count). The van der Waals surface area contributed by atoms with E-state index < -0.39 is 17.5 Å². The summed E-state index contributed by atoms with van der Waals surface area (Å²) in [6.45, 7) is 0. The molecule has 26 heavy (non-hydrogen) atoms. The van der Waals surface area contributed by atoms with Crippen LogP contribution in [0.25, 0.3) is 5.69 Å². The summed E-state index contributed by atoms with van der Waals surface area (Å²) in [7, 11) is 1.57. The minimum atomic E-state index is -0.841. The third-order valence-corrected chi connectivity index (χ3v) is 4.21. The first kappa shape index (κ1) is 17.8. The Hall–Kier alpha value is -3.01. The molecule has 1 amide bonds. The summed E-state index contributed by atoms with van der Waals surface area (Å²) < 4.78 is 33.0. The van der Waals surface area contributed by atoms with Gasteiger partial charge in [-0.3, -0.25) is 4.79 Å². The van der Waals surface area contributed by atoms with Crippen LogP contribution in [0.4, 0.5) is 14.5 Å². The van der Waals surface area contributed by atoms with Crippen LogP contribution in [0.2, 0.25) is 0 Å². The number of halogens is 2. The molecule has 0 aliphatic carbocycles. The van der Waals surface area contributed by atoms with Crippen molar-refractivity contribution in [3.63, 3.8) is 0 Å². The Bertz CT molecular complexity index is 917. The maximum atomic E-state index is 13.6. The fourth-order valence-corrected chi connectivity index (χ4v) is 2.75. The lowest BCUT2D eigenvalue weighted by Crippen LogP contribution is -2.15. The molecule has 0 unspecified atom stereocenters. The highest BCUT2D eigenvalue weighted by Gasteiger charge is 2.13. The Morgan fingerprint density at radius 3 is 2.69 bits per heavy atom. The van der Waals surface area contributed by atoms with Crippen LogP contribution < -0.4 is 10.1 Å². The van der Waals surface area contributed by atoms with Crippen molar-refractivity contribution in [2.75, 3.05) is 18.2 Å². The van der Waals surface area contributed by atoms with Gasteiger partial charge in [-0.05, 0) is 46.8 Å². The van der Waals surface area contributed by atoms with Gasteiger partial charge in [-0.25, -0.2) is 8.78 Å². The van der Waals surface area contributed by atoms with Crippen molar-refractivity contribution in [2.24, 2.45) is 0 Å². The molecule has 0 bridgehead atoms. The van der Waals surface area contributed by atoms with Crippen LogP contribution in [-0.4, -0.2) is 39.0 Å². The maximum Gasteiger partial charge on any atom is 0.234 e. The largest absolute Gasteiger partial charge is 0.497 e. The average Bonchev–Trinajstić information content (AvgIpc) is 3.11. The number of nitrogens with zero attached hydrogens (tertiary/aromatic N) is 4. The summed E-state index contributed by atoms with van der Waals surface area (Å²) in [6.07, 6.45) is 0. The number of rotatable bonds is 6. The van der Waals surface area contributed by atoms with Crippen molar-refractivity contribution in [2.45, 2.75) is 5.16 Å². The van der Waals surface area contributed by atoms with Gasteiger partial charge in [-0.15, -0.1) is 5.10 Å². The number of tetrazole rings is 1. The van der Waals surface area contributed by atoms with Crippen molar-refractivity contribution in [1.29, 1.82) is 0 Å². The number of thioether (sulfide) groups is 1. The highest BCUT2D eigenvalue weighted by atomic mass is 32.2. The van der Waals surface area contributed by atoms with E-state index in [4.69, 9.17) is 4.74 Å². The molecule has 0 saturated heterocycles. The van der Waals surface area contributed by atoms with E-state index in [1.165, 1.54) is 4.68 Å². The summed E-state index contributed by atoms with van der Waals surface area (Å²) in [5.74, 6) is -1.38. The van der Waals surface area contributed by atoms with E-state index in [1.807, 2.05) is 0 Å². The van der Waals surface area contributed by atoms with Crippen LogP contribution in [-0.2, 0) is 4.79 Å². The van der Waals surface area contributed by atoms with Gasteiger partial charge in [0.1, 0.15) is 17.4 Å². The number of nitrogens with one attached hydrogen (secondary N) is 1. The Morgan fingerprint density at radius 1 is 1.23 bits per heavy atom. The van der Waals surface area contributed by atoms with Crippen LogP contribution in [0, 0.1) is 11.6 Å². The van der Waals surface area contributed by atoms with E-state index in [2.05, 4.69) is 20.8 Å². The Balaban J connectivity index is 1.64. The Morgan fingerprint density at radius 2 is 2.00 bits per heavy atom. The zero-order valence-electron chi connectivity index (χ0n) is 13.5. The molecule has 0 fully saturated rings. The molecule has 3 aromatic rings. The second-order valence-corrected chi connectivity index (χ2v) is 5.97. The fraction of sp³-hybridized carbons (Fsp3) is 0.125. The van der Waals surface area contributed by atoms with Crippen molar-refractivity contribution in [3.8, 4) is 11.4 Å². The van der Waals surface area contributed by atoms with Gasteiger partial charge in [-0.1, -0.05) is 11.8 Å². The number of carbonyl (C=O) groups excluding carboxylic acids is 1. The molecule has 2 aromatic carbocycles. The van der Waals surface area contributed by atoms with Gasteiger partial charge < -0.3 is 10.1 Å². The first-order valence-corrected chi connectivity index (χ1v) is 8.36. The van der Waals surface area contributed by atoms with Crippen molar-refractivity contribution >= 4 is 23.4 Å². The molecule has 7 nitrogen and oxygen atoms in total. The van der Waals surface area contributed by atoms with E-state index >= 15 is 0 Å². The lowest BCUT2D eigenvalue weighted by Gasteiger charge is -2.07. The monoisotopic (exact) mass is 377 g/mol. The van der Waals surface area contributed by atoms with Crippen molar-refractivity contribution in [3.05, 3.63) is 54.1 Å². The topological polar surface area (TPSA) is 81.9 Å². The average molecular weight is 377 g/mol. The molecular formula is C16H13F2N5O2S. The number of hydrogen-bond acceptors (Lipinski definition) is 6. The van der Waals surface area contributed by atoms with Gasteiger partial charge in [0.2, 0.25) is 11.1 Å². The minimum absolute atomic E-state index is 0.0483. The third-order valence-electron chi connectivity index (χ3n) is 3.30.